The van der Waals surface area contributed by atoms with E-state index < -0.39 is 0 Å². The number of hydrogen-bond acceptors (Lipinski definition) is 5. The third kappa shape index (κ3) is 4.43. The predicted octanol–water partition coefficient (Wildman–Crippen LogP) is 6.27. The van der Waals surface area contributed by atoms with Crippen LogP contribution in [0.3, 0.4) is 0 Å². The van der Waals surface area contributed by atoms with Crippen LogP contribution in [0.1, 0.15) is 48.2 Å². The topological polar surface area (TPSA) is 60.7 Å². The van der Waals surface area contributed by atoms with Gasteiger partial charge in [-0.2, -0.15) is 11.8 Å². The molecule has 0 saturated heterocycles. The highest BCUT2D eigenvalue weighted by Gasteiger charge is 2.23. The Morgan fingerprint density at radius 1 is 1.07 bits per heavy atom. The molecule has 0 atom stereocenters. The number of anilines is 1. The SMILES string of the molecule is COc1ccc(NC(=O)c2oc3ccccc3c2CSC2CCCCC2)cc1OC. The van der Waals surface area contributed by atoms with Gasteiger partial charge in [0.05, 0.1) is 14.2 Å². The standard InChI is InChI=1S/C24H27NO4S/c1-27-21-13-12-16(14-22(21)28-2)25-24(26)23-19(15-30-17-8-4-3-5-9-17)18-10-6-7-11-20(18)29-23/h6-7,10-14,17H,3-5,8-9,15H2,1-2H3,(H,25,26). The minimum Gasteiger partial charge on any atom is -0.493 e. The van der Waals surface area contributed by atoms with Gasteiger partial charge < -0.3 is 19.2 Å². The summed E-state index contributed by atoms with van der Waals surface area (Å²) in [6.07, 6.45) is 6.46. The lowest BCUT2D eigenvalue weighted by Crippen LogP contribution is -2.14. The zero-order valence-corrected chi connectivity index (χ0v) is 18.2. The van der Waals surface area contributed by atoms with E-state index in [2.05, 4.69) is 5.32 Å². The number of methoxy groups -OCH3 is 2. The number of carbonyl (C=O) groups excluding carboxylic acids is 1. The van der Waals surface area contributed by atoms with Crippen LogP contribution in [0.4, 0.5) is 5.69 Å². The van der Waals surface area contributed by atoms with E-state index in [9.17, 15) is 4.79 Å². The lowest BCUT2D eigenvalue weighted by Gasteiger charge is -2.20. The Balaban J connectivity index is 1.58. The van der Waals surface area contributed by atoms with Gasteiger partial charge in [-0.3, -0.25) is 4.79 Å². The second-order valence-electron chi connectivity index (χ2n) is 7.50. The molecule has 158 valence electrons. The Morgan fingerprint density at radius 2 is 1.83 bits per heavy atom. The Kier molecular flexibility index (Phi) is 6.53. The van der Waals surface area contributed by atoms with Gasteiger partial charge in [-0.1, -0.05) is 37.5 Å². The lowest BCUT2D eigenvalue weighted by atomic mass is 10.0. The zero-order chi connectivity index (χ0) is 20.9. The number of carbonyl (C=O) groups is 1. The van der Waals surface area contributed by atoms with Crippen LogP contribution in [0.2, 0.25) is 0 Å². The molecule has 1 amide bonds. The molecule has 0 spiro atoms. The number of nitrogens with one attached hydrogen (secondary N) is 1. The average Bonchev–Trinajstić information content (AvgIpc) is 3.17. The molecule has 1 fully saturated rings. The summed E-state index contributed by atoms with van der Waals surface area (Å²) in [6, 6.07) is 13.2. The van der Waals surface area contributed by atoms with Gasteiger partial charge in [0.1, 0.15) is 5.58 Å². The van der Waals surface area contributed by atoms with Gasteiger partial charge in [0, 0.05) is 33.7 Å². The first-order valence-corrected chi connectivity index (χ1v) is 11.4. The maximum atomic E-state index is 13.1. The van der Waals surface area contributed by atoms with Crippen molar-refractivity contribution in [3.63, 3.8) is 0 Å². The Morgan fingerprint density at radius 3 is 2.60 bits per heavy atom. The van der Waals surface area contributed by atoms with Crippen molar-refractivity contribution in [3.8, 4) is 11.5 Å². The fraction of sp³-hybridized carbons (Fsp3) is 0.375. The molecule has 5 nitrogen and oxygen atoms in total. The predicted molar refractivity (Wildman–Crippen MR) is 122 cm³/mol. The van der Waals surface area contributed by atoms with Gasteiger partial charge in [0.15, 0.2) is 17.3 Å². The highest BCUT2D eigenvalue weighted by atomic mass is 32.2. The van der Waals surface area contributed by atoms with Gasteiger partial charge in [0.25, 0.3) is 5.91 Å². The van der Waals surface area contributed by atoms with E-state index in [0.717, 1.165) is 22.3 Å². The maximum Gasteiger partial charge on any atom is 0.291 e. The van der Waals surface area contributed by atoms with E-state index in [4.69, 9.17) is 13.9 Å². The molecule has 1 N–H and O–H groups in total. The molecule has 1 aliphatic carbocycles. The van der Waals surface area contributed by atoms with Crippen LogP contribution in [0.5, 0.6) is 11.5 Å². The summed E-state index contributed by atoms with van der Waals surface area (Å²) < 4.78 is 16.6. The van der Waals surface area contributed by atoms with Crippen molar-refractivity contribution < 1.29 is 18.7 Å². The van der Waals surface area contributed by atoms with Crippen LogP contribution < -0.4 is 14.8 Å². The van der Waals surface area contributed by atoms with Crippen LogP contribution in [0.15, 0.2) is 46.9 Å². The van der Waals surface area contributed by atoms with Gasteiger partial charge in [0.2, 0.25) is 0 Å². The number of furan rings is 1. The summed E-state index contributed by atoms with van der Waals surface area (Å²) in [5, 5.41) is 4.62. The number of thioether (sulfide) groups is 1. The van der Waals surface area contributed by atoms with Crippen molar-refractivity contribution >= 4 is 34.3 Å². The molecule has 1 aliphatic rings. The van der Waals surface area contributed by atoms with Crippen molar-refractivity contribution in [1.29, 1.82) is 0 Å². The second-order valence-corrected chi connectivity index (χ2v) is 8.79. The van der Waals surface area contributed by atoms with Crippen molar-refractivity contribution in [2.24, 2.45) is 0 Å². The molecule has 3 aromatic rings. The Hall–Kier alpha value is -2.60. The van der Waals surface area contributed by atoms with Gasteiger partial charge in [-0.15, -0.1) is 0 Å². The summed E-state index contributed by atoms with van der Waals surface area (Å²) in [7, 11) is 3.16. The van der Waals surface area contributed by atoms with E-state index in [1.165, 1.54) is 32.1 Å². The fourth-order valence-corrected chi connectivity index (χ4v) is 5.32. The van der Waals surface area contributed by atoms with E-state index in [1.54, 1.807) is 32.4 Å². The summed E-state index contributed by atoms with van der Waals surface area (Å²) in [6.45, 7) is 0. The smallest absolute Gasteiger partial charge is 0.291 e. The molecule has 0 bridgehead atoms. The Labute approximate surface area is 181 Å². The van der Waals surface area contributed by atoms with E-state index in [1.807, 2.05) is 36.0 Å². The average molecular weight is 426 g/mol. The molecule has 2 aromatic carbocycles. The lowest BCUT2D eigenvalue weighted by molar-refractivity contribution is 0.0998. The number of amides is 1. The van der Waals surface area contributed by atoms with Crippen molar-refractivity contribution in [3.05, 3.63) is 53.8 Å². The highest BCUT2D eigenvalue weighted by Crippen LogP contribution is 2.36. The van der Waals surface area contributed by atoms with Gasteiger partial charge >= 0.3 is 0 Å². The molecule has 4 rings (SSSR count). The molecule has 1 heterocycles. The number of para-hydroxylation sites is 1. The van der Waals surface area contributed by atoms with E-state index >= 15 is 0 Å². The fourth-order valence-electron chi connectivity index (χ4n) is 3.96. The molecule has 30 heavy (non-hydrogen) atoms. The third-order valence-corrected chi connectivity index (χ3v) is 6.96. The second kappa shape index (κ2) is 9.47. The minimum atomic E-state index is -0.252. The summed E-state index contributed by atoms with van der Waals surface area (Å²) >= 11 is 1.94. The molecule has 0 unspecified atom stereocenters. The minimum absolute atomic E-state index is 0.252. The zero-order valence-electron chi connectivity index (χ0n) is 17.4. The van der Waals surface area contributed by atoms with Gasteiger partial charge in [-0.25, -0.2) is 0 Å². The quantitative estimate of drug-likeness (QED) is 0.483. The molecular weight excluding hydrogens is 398 g/mol. The largest absolute Gasteiger partial charge is 0.493 e. The molecule has 1 aromatic heterocycles. The summed E-state index contributed by atoms with van der Waals surface area (Å²) in [5.74, 6) is 2.08. The van der Waals surface area contributed by atoms with E-state index in [-0.39, 0.29) is 5.91 Å². The van der Waals surface area contributed by atoms with Gasteiger partial charge in [-0.05, 0) is 31.0 Å². The monoisotopic (exact) mass is 425 g/mol. The van der Waals surface area contributed by atoms with Crippen LogP contribution in [-0.4, -0.2) is 25.4 Å². The molecule has 6 heteroatoms. The Bertz CT molecular complexity index is 1020. The van der Waals surface area contributed by atoms with Crippen molar-refractivity contribution in [2.45, 2.75) is 43.1 Å². The third-order valence-electron chi connectivity index (χ3n) is 5.56. The maximum absolute atomic E-state index is 13.1. The van der Waals surface area contributed by atoms with Crippen LogP contribution in [0.25, 0.3) is 11.0 Å². The first-order chi connectivity index (χ1) is 14.7. The van der Waals surface area contributed by atoms with Crippen molar-refractivity contribution in [2.75, 3.05) is 19.5 Å². The first-order valence-electron chi connectivity index (χ1n) is 10.3. The summed E-state index contributed by atoms with van der Waals surface area (Å²) in [4.78, 5) is 13.1. The number of fused-ring (bicyclic) bond motifs is 1. The van der Waals surface area contributed by atoms with E-state index in [0.29, 0.717) is 28.2 Å². The number of rotatable bonds is 7. The summed E-state index contributed by atoms with van der Waals surface area (Å²) in [5.41, 5.74) is 2.34. The van der Waals surface area contributed by atoms with Crippen LogP contribution >= 0.6 is 11.8 Å². The molecule has 0 radical (unpaired) electrons. The normalized spacial score (nSPS) is 14.6. The van der Waals surface area contributed by atoms with Crippen LogP contribution in [-0.2, 0) is 5.75 Å². The van der Waals surface area contributed by atoms with Crippen molar-refractivity contribution in [1.82, 2.24) is 0 Å². The number of hydrogen-bond donors (Lipinski definition) is 1. The number of benzene rings is 2. The molecular formula is C24H27NO4S. The highest BCUT2D eigenvalue weighted by molar-refractivity contribution is 7.99. The van der Waals surface area contributed by atoms with Crippen LogP contribution in [0, 0.1) is 0 Å². The molecule has 1 saturated carbocycles. The first kappa shape index (κ1) is 20.7. The molecule has 0 aliphatic heterocycles. The number of ether oxygens (including phenoxy) is 2.